The van der Waals surface area contributed by atoms with Gasteiger partial charge in [-0.2, -0.15) is 4.98 Å². The smallest absolute Gasteiger partial charge is 0.243 e. The first kappa shape index (κ1) is 11.7. The Bertz CT molecular complexity index is 724. The molecule has 0 aliphatic heterocycles. The summed E-state index contributed by atoms with van der Waals surface area (Å²) >= 11 is 0. The van der Waals surface area contributed by atoms with E-state index >= 15 is 0 Å². The normalized spacial score (nSPS) is 10.8. The molecule has 3 aromatic rings. The van der Waals surface area contributed by atoms with Crippen molar-refractivity contribution in [2.24, 2.45) is 0 Å². The lowest BCUT2D eigenvalue weighted by Crippen LogP contribution is -1.94. The number of aliphatic hydroxyl groups excluding tert-OH is 1. The van der Waals surface area contributed by atoms with Crippen LogP contribution in [0.2, 0.25) is 0 Å². The van der Waals surface area contributed by atoms with Crippen molar-refractivity contribution < 1.29 is 14.2 Å². The zero-order valence-corrected chi connectivity index (χ0v) is 9.95. The Morgan fingerprint density at radius 2 is 2.11 bits per heavy atom. The number of hydrogen-bond donors (Lipinski definition) is 1. The van der Waals surface area contributed by atoms with E-state index < -0.39 is 0 Å². The lowest BCUT2D eigenvalue weighted by molar-refractivity contribution is 0.269. The van der Waals surface area contributed by atoms with E-state index in [1.54, 1.807) is 28.8 Å². The summed E-state index contributed by atoms with van der Waals surface area (Å²) in [5.41, 5.74) is 1.19. The number of nitrogens with zero attached hydrogens (tertiary/aromatic N) is 2. The van der Waals surface area contributed by atoms with Crippen molar-refractivity contribution in [1.29, 1.82) is 0 Å². The van der Waals surface area contributed by atoms with E-state index in [0.717, 1.165) is 0 Å². The van der Waals surface area contributed by atoms with E-state index in [1.165, 1.54) is 12.1 Å². The van der Waals surface area contributed by atoms with Crippen molar-refractivity contribution in [3.8, 4) is 11.6 Å². The molecule has 0 aliphatic carbocycles. The Labute approximate surface area is 108 Å². The second-order valence-electron chi connectivity index (χ2n) is 4.01. The zero-order valence-electron chi connectivity index (χ0n) is 9.95. The summed E-state index contributed by atoms with van der Waals surface area (Å²) in [6.07, 6.45) is 1.78. The van der Waals surface area contributed by atoms with Crippen molar-refractivity contribution in [3.63, 3.8) is 0 Å². The molecule has 0 bridgehead atoms. The Kier molecular flexibility index (Phi) is 2.89. The molecule has 0 unspecified atom stereocenters. The van der Waals surface area contributed by atoms with E-state index in [1.807, 2.05) is 12.1 Å². The highest BCUT2D eigenvalue weighted by atomic mass is 19.1. The molecule has 0 atom stereocenters. The molecule has 0 amide bonds. The Morgan fingerprint density at radius 3 is 2.89 bits per heavy atom. The maximum absolute atomic E-state index is 13.1. The maximum atomic E-state index is 13.1. The van der Waals surface area contributed by atoms with Gasteiger partial charge < -0.3 is 9.84 Å². The molecule has 3 rings (SSSR count). The summed E-state index contributed by atoms with van der Waals surface area (Å²) in [4.78, 5) is 4.27. The van der Waals surface area contributed by atoms with Gasteiger partial charge in [-0.1, -0.05) is 12.1 Å². The van der Waals surface area contributed by atoms with Crippen LogP contribution in [-0.4, -0.2) is 14.5 Å². The van der Waals surface area contributed by atoms with Crippen molar-refractivity contribution in [1.82, 2.24) is 9.38 Å². The fourth-order valence-corrected chi connectivity index (χ4v) is 1.89. The van der Waals surface area contributed by atoms with Crippen molar-refractivity contribution in [2.45, 2.75) is 6.61 Å². The van der Waals surface area contributed by atoms with Gasteiger partial charge in [-0.3, -0.25) is 4.40 Å². The van der Waals surface area contributed by atoms with Crippen LogP contribution < -0.4 is 4.74 Å². The van der Waals surface area contributed by atoms with Crippen LogP contribution in [0.1, 0.15) is 5.69 Å². The van der Waals surface area contributed by atoms with Gasteiger partial charge in [-0.05, 0) is 24.3 Å². The molecule has 19 heavy (non-hydrogen) atoms. The topological polar surface area (TPSA) is 46.8 Å². The standard InChI is InChI=1S/C14H11FN2O2/c15-10-4-3-5-11(8-10)19-14-12(9-18)17-7-2-1-6-13(17)16-14/h1-8,18H,9H2. The fourth-order valence-electron chi connectivity index (χ4n) is 1.89. The van der Waals surface area contributed by atoms with Gasteiger partial charge in [-0.15, -0.1) is 0 Å². The minimum atomic E-state index is -0.383. The summed E-state index contributed by atoms with van der Waals surface area (Å²) in [7, 11) is 0. The second kappa shape index (κ2) is 4.70. The molecule has 96 valence electrons. The van der Waals surface area contributed by atoms with E-state index in [-0.39, 0.29) is 18.3 Å². The Balaban J connectivity index is 2.05. The second-order valence-corrected chi connectivity index (χ2v) is 4.01. The largest absolute Gasteiger partial charge is 0.437 e. The fraction of sp³-hybridized carbons (Fsp3) is 0.0714. The SMILES string of the molecule is OCc1c(Oc2cccc(F)c2)nc2ccccn12. The highest BCUT2D eigenvalue weighted by Crippen LogP contribution is 2.26. The lowest BCUT2D eigenvalue weighted by Gasteiger charge is -2.04. The summed E-state index contributed by atoms with van der Waals surface area (Å²) in [5, 5.41) is 9.42. The average Bonchev–Trinajstić information content (AvgIpc) is 2.75. The van der Waals surface area contributed by atoms with Gasteiger partial charge in [0.25, 0.3) is 0 Å². The van der Waals surface area contributed by atoms with E-state index in [2.05, 4.69) is 4.98 Å². The number of imidazole rings is 1. The Morgan fingerprint density at radius 1 is 1.21 bits per heavy atom. The van der Waals surface area contributed by atoms with Gasteiger partial charge in [0.1, 0.15) is 22.9 Å². The molecule has 1 aromatic carbocycles. The number of hydrogen-bond acceptors (Lipinski definition) is 3. The molecular weight excluding hydrogens is 247 g/mol. The molecule has 0 aliphatic rings. The third-order valence-corrected chi connectivity index (χ3v) is 2.75. The van der Waals surface area contributed by atoms with Gasteiger partial charge in [0.2, 0.25) is 5.88 Å². The predicted molar refractivity (Wildman–Crippen MR) is 67.6 cm³/mol. The number of pyridine rings is 1. The Hall–Kier alpha value is -2.40. The number of benzene rings is 1. The van der Waals surface area contributed by atoms with Crippen LogP contribution in [0.4, 0.5) is 4.39 Å². The lowest BCUT2D eigenvalue weighted by atomic mass is 10.3. The summed E-state index contributed by atoms with van der Waals surface area (Å²) in [5.74, 6) is 0.240. The van der Waals surface area contributed by atoms with Gasteiger partial charge in [-0.25, -0.2) is 4.39 Å². The average molecular weight is 258 g/mol. The first-order valence-electron chi connectivity index (χ1n) is 5.78. The quantitative estimate of drug-likeness (QED) is 0.785. The number of ether oxygens (including phenoxy) is 1. The van der Waals surface area contributed by atoms with Crippen LogP contribution in [0.15, 0.2) is 48.7 Å². The van der Waals surface area contributed by atoms with Gasteiger partial charge in [0, 0.05) is 12.3 Å². The predicted octanol–water partition coefficient (Wildman–Crippen LogP) is 2.76. The van der Waals surface area contributed by atoms with Crippen LogP contribution in [-0.2, 0) is 6.61 Å². The monoisotopic (exact) mass is 258 g/mol. The van der Waals surface area contributed by atoms with E-state index in [9.17, 15) is 9.50 Å². The minimum absolute atomic E-state index is 0.212. The summed E-state index contributed by atoms with van der Waals surface area (Å²) < 4.78 is 20.4. The molecule has 0 saturated carbocycles. The molecule has 2 aromatic heterocycles. The number of aliphatic hydroxyl groups is 1. The van der Waals surface area contributed by atoms with Crippen LogP contribution in [0.5, 0.6) is 11.6 Å². The van der Waals surface area contributed by atoms with Gasteiger partial charge >= 0.3 is 0 Å². The van der Waals surface area contributed by atoms with Gasteiger partial charge in [0.05, 0.1) is 6.61 Å². The van der Waals surface area contributed by atoms with Crippen LogP contribution in [0.3, 0.4) is 0 Å². The number of aromatic nitrogens is 2. The van der Waals surface area contributed by atoms with Crippen LogP contribution in [0.25, 0.3) is 5.65 Å². The van der Waals surface area contributed by atoms with Crippen molar-refractivity contribution in [2.75, 3.05) is 0 Å². The number of fused-ring (bicyclic) bond motifs is 1. The maximum Gasteiger partial charge on any atom is 0.243 e. The number of rotatable bonds is 3. The highest BCUT2D eigenvalue weighted by molar-refractivity contribution is 5.46. The third-order valence-electron chi connectivity index (χ3n) is 2.75. The first-order valence-corrected chi connectivity index (χ1v) is 5.78. The molecule has 1 N–H and O–H groups in total. The molecule has 0 saturated heterocycles. The van der Waals surface area contributed by atoms with Crippen molar-refractivity contribution >= 4 is 5.65 Å². The summed E-state index contributed by atoms with van der Waals surface area (Å²) in [6, 6.07) is 11.3. The van der Waals surface area contributed by atoms with Crippen molar-refractivity contribution in [3.05, 3.63) is 60.2 Å². The van der Waals surface area contributed by atoms with Gasteiger partial charge in [0.15, 0.2) is 0 Å². The first-order chi connectivity index (χ1) is 9.28. The van der Waals surface area contributed by atoms with E-state index in [0.29, 0.717) is 17.1 Å². The number of halogens is 1. The van der Waals surface area contributed by atoms with E-state index in [4.69, 9.17) is 4.74 Å². The minimum Gasteiger partial charge on any atom is -0.437 e. The molecule has 0 radical (unpaired) electrons. The molecule has 0 fully saturated rings. The molecular formula is C14H11FN2O2. The highest BCUT2D eigenvalue weighted by Gasteiger charge is 2.13. The molecule has 5 heteroatoms. The third kappa shape index (κ3) is 2.15. The zero-order chi connectivity index (χ0) is 13.2. The summed E-state index contributed by atoms with van der Waals surface area (Å²) in [6.45, 7) is -0.212. The molecule has 2 heterocycles. The molecule has 4 nitrogen and oxygen atoms in total. The molecule has 0 spiro atoms. The van der Waals surface area contributed by atoms with Crippen LogP contribution in [0, 0.1) is 5.82 Å². The van der Waals surface area contributed by atoms with Crippen LogP contribution >= 0.6 is 0 Å².